The lowest BCUT2D eigenvalue weighted by Gasteiger charge is -2.15. The maximum Gasteiger partial charge on any atom is 0.0946 e. The van der Waals surface area contributed by atoms with Gasteiger partial charge in [-0.3, -0.25) is 11.3 Å². The number of furan rings is 1. The number of nitrogens with two attached hydrogens (primary N) is 1. The molecule has 3 N–H and O–H groups in total. The summed E-state index contributed by atoms with van der Waals surface area (Å²) in [4.78, 5) is 4.06. The van der Waals surface area contributed by atoms with E-state index in [0.717, 1.165) is 17.7 Å². The number of hydrogen-bond donors (Lipinski definition) is 2. The van der Waals surface area contributed by atoms with Crippen molar-refractivity contribution in [2.75, 3.05) is 0 Å². The first-order valence-corrected chi connectivity index (χ1v) is 4.74. The number of imidazole rings is 1. The molecule has 2 aromatic heterocycles. The fraction of sp³-hybridized carbons (Fsp3) is 0.300. The van der Waals surface area contributed by atoms with Gasteiger partial charge in [0.2, 0.25) is 0 Å². The highest BCUT2D eigenvalue weighted by atomic mass is 16.3. The summed E-state index contributed by atoms with van der Waals surface area (Å²) in [6, 6.07) is 1.98. The van der Waals surface area contributed by atoms with Gasteiger partial charge in [0, 0.05) is 13.2 Å². The third-order valence-corrected chi connectivity index (χ3v) is 2.43. The van der Waals surface area contributed by atoms with Crippen LogP contribution in [0.4, 0.5) is 0 Å². The van der Waals surface area contributed by atoms with Gasteiger partial charge in [-0.1, -0.05) is 0 Å². The molecular weight excluding hydrogens is 192 g/mol. The van der Waals surface area contributed by atoms with Crippen molar-refractivity contribution in [2.24, 2.45) is 12.9 Å². The maximum absolute atomic E-state index is 5.53. The summed E-state index contributed by atoms with van der Waals surface area (Å²) in [5.41, 5.74) is 4.95. The number of rotatable bonds is 4. The third kappa shape index (κ3) is 2.08. The molecule has 15 heavy (non-hydrogen) atoms. The van der Waals surface area contributed by atoms with Crippen LogP contribution in [0.25, 0.3) is 0 Å². The van der Waals surface area contributed by atoms with Crippen LogP contribution in [-0.2, 0) is 13.5 Å². The SMILES string of the molecule is Cn1cncc1C(Cc1ccoc1)NN. The van der Waals surface area contributed by atoms with E-state index in [1.807, 2.05) is 23.9 Å². The lowest BCUT2D eigenvalue weighted by molar-refractivity contribution is 0.514. The Labute approximate surface area is 87.9 Å². The van der Waals surface area contributed by atoms with Gasteiger partial charge in [-0.2, -0.15) is 0 Å². The molecule has 0 spiro atoms. The molecule has 0 saturated heterocycles. The lowest BCUT2D eigenvalue weighted by atomic mass is 10.1. The highest BCUT2D eigenvalue weighted by molar-refractivity contribution is 5.13. The van der Waals surface area contributed by atoms with Crippen LogP contribution in [-0.4, -0.2) is 9.55 Å². The quantitative estimate of drug-likeness (QED) is 0.572. The smallest absolute Gasteiger partial charge is 0.0946 e. The summed E-state index contributed by atoms with van der Waals surface area (Å²) in [5.74, 6) is 5.53. The normalized spacial score (nSPS) is 12.9. The molecule has 1 atom stereocenters. The molecule has 0 aromatic carbocycles. The standard InChI is InChI=1S/C10H14N4O/c1-14-7-12-5-10(14)9(13-11)4-8-2-3-15-6-8/h2-3,5-7,9,13H,4,11H2,1H3. The minimum Gasteiger partial charge on any atom is -0.472 e. The number of hydrazine groups is 1. The van der Waals surface area contributed by atoms with E-state index in [-0.39, 0.29) is 6.04 Å². The molecule has 0 aliphatic rings. The van der Waals surface area contributed by atoms with E-state index in [1.54, 1.807) is 18.9 Å². The average molecular weight is 206 g/mol. The Balaban J connectivity index is 2.15. The first-order chi connectivity index (χ1) is 7.31. The minimum absolute atomic E-state index is 0.0510. The van der Waals surface area contributed by atoms with E-state index >= 15 is 0 Å². The van der Waals surface area contributed by atoms with Crippen molar-refractivity contribution in [3.63, 3.8) is 0 Å². The molecule has 1 unspecified atom stereocenters. The fourth-order valence-electron chi connectivity index (χ4n) is 1.60. The Morgan fingerprint density at radius 2 is 2.53 bits per heavy atom. The largest absolute Gasteiger partial charge is 0.472 e. The summed E-state index contributed by atoms with van der Waals surface area (Å²) in [6.45, 7) is 0. The van der Waals surface area contributed by atoms with Crippen LogP contribution in [0, 0.1) is 0 Å². The second kappa shape index (κ2) is 4.29. The molecule has 5 nitrogen and oxygen atoms in total. The summed E-state index contributed by atoms with van der Waals surface area (Å²) in [6.07, 6.45) is 7.74. The topological polar surface area (TPSA) is 69.0 Å². The summed E-state index contributed by atoms with van der Waals surface area (Å²) in [5, 5.41) is 0. The van der Waals surface area contributed by atoms with Gasteiger partial charge in [-0.15, -0.1) is 0 Å². The second-order valence-electron chi connectivity index (χ2n) is 3.48. The van der Waals surface area contributed by atoms with Gasteiger partial charge >= 0.3 is 0 Å². The Bertz CT molecular complexity index is 407. The molecule has 0 fully saturated rings. The van der Waals surface area contributed by atoms with Gasteiger partial charge in [0.25, 0.3) is 0 Å². The molecule has 0 radical (unpaired) electrons. The van der Waals surface area contributed by atoms with Gasteiger partial charge < -0.3 is 8.98 Å². The van der Waals surface area contributed by atoms with Crippen LogP contribution < -0.4 is 11.3 Å². The fourth-order valence-corrected chi connectivity index (χ4v) is 1.60. The number of nitrogens with one attached hydrogen (secondary N) is 1. The van der Waals surface area contributed by atoms with Gasteiger partial charge in [0.05, 0.1) is 30.6 Å². The predicted molar refractivity (Wildman–Crippen MR) is 55.7 cm³/mol. The van der Waals surface area contributed by atoms with Crippen molar-refractivity contribution in [1.29, 1.82) is 0 Å². The molecule has 5 heteroatoms. The second-order valence-corrected chi connectivity index (χ2v) is 3.48. The van der Waals surface area contributed by atoms with Crippen molar-refractivity contribution < 1.29 is 4.42 Å². The van der Waals surface area contributed by atoms with Gasteiger partial charge in [-0.05, 0) is 18.1 Å². The van der Waals surface area contributed by atoms with E-state index in [9.17, 15) is 0 Å². The monoisotopic (exact) mass is 206 g/mol. The van der Waals surface area contributed by atoms with Crippen LogP contribution in [0.1, 0.15) is 17.3 Å². The van der Waals surface area contributed by atoms with E-state index in [0.29, 0.717) is 0 Å². The van der Waals surface area contributed by atoms with E-state index in [4.69, 9.17) is 10.3 Å². The van der Waals surface area contributed by atoms with Crippen molar-refractivity contribution in [1.82, 2.24) is 15.0 Å². The Kier molecular flexibility index (Phi) is 2.84. The summed E-state index contributed by atoms with van der Waals surface area (Å²) >= 11 is 0. The zero-order valence-electron chi connectivity index (χ0n) is 8.55. The first-order valence-electron chi connectivity index (χ1n) is 4.74. The highest BCUT2D eigenvalue weighted by Crippen LogP contribution is 2.16. The van der Waals surface area contributed by atoms with Crippen LogP contribution in [0.3, 0.4) is 0 Å². The lowest BCUT2D eigenvalue weighted by Crippen LogP contribution is -2.30. The number of hydrogen-bond acceptors (Lipinski definition) is 4. The molecule has 2 rings (SSSR count). The van der Waals surface area contributed by atoms with Crippen molar-refractivity contribution in [2.45, 2.75) is 12.5 Å². The van der Waals surface area contributed by atoms with Crippen molar-refractivity contribution in [3.8, 4) is 0 Å². The summed E-state index contributed by atoms with van der Waals surface area (Å²) < 4.78 is 6.97. The van der Waals surface area contributed by atoms with Gasteiger partial charge in [0.1, 0.15) is 0 Å². The molecule has 0 aliphatic carbocycles. The van der Waals surface area contributed by atoms with Crippen molar-refractivity contribution >= 4 is 0 Å². The van der Waals surface area contributed by atoms with Crippen molar-refractivity contribution in [3.05, 3.63) is 42.4 Å². The number of nitrogens with zero attached hydrogens (tertiary/aromatic N) is 2. The average Bonchev–Trinajstić information content (AvgIpc) is 2.85. The first kappa shape index (κ1) is 9.95. The van der Waals surface area contributed by atoms with E-state index in [2.05, 4.69) is 10.4 Å². The van der Waals surface area contributed by atoms with Crippen LogP contribution in [0.15, 0.2) is 35.5 Å². The van der Waals surface area contributed by atoms with E-state index < -0.39 is 0 Å². The molecule has 0 amide bonds. The Hall–Kier alpha value is -1.59. The number of aromatic nitrogens is 2. The number of aryl methyl sites for hydroxylation is 1. The summed E-state index contributed by atoms with van der Waals surface area (Å²) in [7, 11) is 1.95. The zero-order valence-corrected chi connectivity index (χ0v) is 8.55. The highest BCUT2D eigenvalue weighted by Gasteiger charge is 2.14. The molecule has 0 bridgehead atoms. The van der Waals surface area contributed by atoms with Crippen LogP contribution >= 0.6 is 0 Å². The van der Waals surface area contributed by atoms with Gasteiger partial charge in [-0.25, -0.2) is 4.98 Å². The molecule has 0 aliphatic heterocycles. The Morgan fingerprint density at radius 1 is 1.67 bits per heavy atom. The molecule has 80 valence electrons. The predicted octanol–water partition coefficient (Wildman–Crippen LogP) is 0.760. The van der Waals surface area contributed by atoms with Gasteiger partial charge in [0.15, 0.2) is 0 Å². The maximum atomic E-state index is 5.53. The van der Waals surface area contributed by atoms with Crippen LogP contribution in [0.2, 0.25) is 0 Å². The molecule has 2 heterocycles. The Morgan fingerprint density at radius 3 is 3.07 bits per heavy atom. The molecular formula is C10H14N4O. The zero-order chi connectivity index (χ0) is 10.7. The molecule has 2 aromatic rings. The third-order valence-electron chi connectivity index (χ3n) is 2.43. The van der Waals surface area contributed by atoms with Crippen LogP contribution in [0.5, 0.6) is 0 Å². The minimum atomic E-state index is 0.0510. The van der Waals surface area contributed by atoms with E-state index in [1.165, 1.54) is 0 Å². The molecule has 0 saturated carbocycles.